The van der Waals surface area contributed by atoms with Gasteiger partial charge in [-0.15, -0.1) is 11.6 Å². The molecule has 5 heteroatoms. The summed E-state index contributed by atoms with van der Waals surface area (Å²) in [4.78, 5) is 11.1. The molecule has 0 amide bonds. The summed E-state index contributed by atoms with van der Waals surface area (Å²) in [7, 11) is 1.40. The van der Waals surface area contributed by atoms with Gasteiger partial charge in [0, 0.05) is 17.7 Å². The average Bonchev–Trinajstić information content (AvgIpc) is 2.93. The van der Waals surface area contributed by atoms with Crippen molar-refractivity contribution >= 4 is 17.6 Å². The predicted molar refractivity (Wildman–Crippen MR) is 115 cm³/mol. The third-order valence-electron chi connectivity index (χ3n) is 5.94. The molecule has 1 saturated carbocycles. The number of carbonyl (C=O) groups is 1. The van der Waals surface area contributed by atoms with Crippen LogP contribution in [0.2, 0.25) is 0 Å². The number of esters is 1. The number of carbonyl (C=O) groups excluding carboxylic acids is 1. The molecule has 0 radical (unpaired) electrons. The summed E-state index contributed by atoms with van der Waals surface area (Å²) in [5.41, 5.74) is -0.172. The highest BCUT2D eigenvalue weighted by Gasteiger charge is 2.39. The number of aliphatic hydroxyl groups excluding tert-OH is 2. The monoisotopic (exact) mass is 414 g/mol. The fraction of sp³-hybridized carbons (Fsp3) is 0.783. The van der Waals surface area contributed by atoms with Crippen LogP contribution in [-0.4, -0.2) is 40.9 Å². The zero-order valence-electron chi connectivity index (χ0n) is 17.9. The quantitative estimate of drug-likeness (QED) is 0.267. The maximum Gasteiger partial charge on any atom is 0.305 e. The molecule has 0 heterocycles. The maximum atomic E-state index is 11.1. The van der Waals surface area contributed by atoms with Crippen LogP contribution in [0.3, 0.4) is 0 Å². The van der Waals surface area contributed by atoms with Crippen LogP contribution in [-0.2, 0) is 9.53 Å². The molecule has 0 saturated heterocycles. The van der Waals surface area contributed by atoms with E-state index in [1.165, 1.54) is 7.11 Å². The van der Waals surface area contributed by atoms with Gasteiger partial charge in [-0.05, 0) is 43.4 Å². The van der Waals surface area contributed by atoms with Gasteiger partial charge in [0.2, 0.25) is 0 Å². The second-order valence-corrected chi connectivity index (χ2v) is 9.21. The fourth-order valence-corrected chi connectivity index (χ4v) is 4.31. The Morgan fingerprint density at radius 1 is 1.32 bits per heavy atom. The van der Waals surface area contributed by atoms with Gasteiger partial charge < -0.3 is 14.9 Å². The molecule has 28 heavy (non-hydrogen) atoms. The minimum Gasteiger partial charge on any atom is -0.469 e. The molecule has 1 aliphatic rings. The SMILES string of the molecule is CCCCC(C)(C)[C@H](O)/C=C/[C@@H]1[C@@H](CC/C=C\CCC(=O)OC)[C@@H](Cl)C[C@H]1O. The van der Waals surface area contributed by atoms with E-state index >= 15 is 0 Å². The van der Waals surface area contributed by atoms with Crippen LogP contribution < -0.4 is 0 Å². The van der Waals surface area contributed by atoms with Gasteiger partial charge in [0.15, 0.2) is 0 Å². The Hall–Kier alpha value is -0.840. The number of methoxy groups -OCH3 is 1. The highest BCUT2D eigenvalue weighted by atomic mass is 35.5. The second-order valence-electron chi connectivity index (χ2n) is 8.65. The predicted octanol–water partition coefficient (Wildman–Crippen LogP) is 5.01. The standard InChI is InChI=1S/C23H39ClO4/c1-5-6-15-23(2,3)21(26)14-13-18-17(19(24)16-20(18)25)11-9-7-8-10-12-22(27)28-4/h7-8,13-14,17-21,25-26H,5-6,9-12,15-16H2,1-4H3/b8-7-,14-13+/t17-,18-,19+,20-,21-/m1/s1. The van der Waals surface area contributed by atoms with E-state index in [-0.39, 0.29) is 28.6 Å². The molecule has 1 rings (SSSR count). The molecular formula is C23H39ClO4. The summed E-state index contributed by atoms with van der Waals surface area (Å²) < 4.78 is 4.62. The van der Waals surface area contributed by atoms with E-state index in [2.05, 4.69) is 31.6 Å². The minimum atomic E-state index is -0.528. The Morgan fingerprint density at radius 2 is 2.00 bits per heavy atom. The van der Waals surface area contributed by atoms with E-state index in [0.29, 0.717) is 19.3 Å². The van der Waals surface area contributed by atoms with Crippen molar-refractivity contribution in [1.82, 2.24) is 0 Å². The normalized spacial score (nSPS) is 27.0. The second kappa shape index (κ2) is 12.7. The average molecular weight is 415 g/mol. The Labute approximate surface area is 176 Å². The number of alkyl halides is 1. The molecule has 2 N–H and O–H groups in total. The zero-order valence-corrected chi connectivity index (χ0v) is 18.7. The summed E-state index contributed by atoms with van der Waals surface area (Å²) in [5.74, 6) is -0.0401. The van der Waals surface area contributed by atoms with Crippen LogP contribution in [0.25, 0.3) is 0 Å². The van der Waals surface area contributed by atoms with Gasteiger partial charge >= 0.3 is 5.97 Å². The Bertz CT molecular complexity index is 515. The minimum absolute atomic E-state index is 0.0254. The molecule has 0 spiro atoms. The van der Waals surface area contributed by atoms with E-state index in [0.717, 1.165) is 32.1 Å². The smallest absolute Gasteiger partial charge is 0.305 e. The maximum absolute atomic E-state index is 11.1. The largest absolute Gasteiger partial charge is 0.469 e. The lowest BCUT2D eigenvalue weighted by Crippen LogP contribution is -2.28. The van der Waals surface area contributed by atoms with Crippen LogP contribution in [0.4, 0.5) is 0 Å². The summed E-state index contributed by atoms with van der Waals surface area (Å²) in [5, 5.41) is 21.0. The zero-order chi connectivity index (χ0) is 21.2. The number of unbranched alkanes of at least 4 members (excludes halogenated alkanes) is 1. The molecule has 5 atom stereocenters. The van der Waals surface area contributed by atoms with Crippen LogP contribution in [0, 0.1) is 17.3 Å². The van der Waals surface area contributed by atoms with Crippen molar-refractivity contribution < 1.29 is 19.7 Å². The lowest BCUT2D eigenvalue weighted by molar-refractivity contribution is -0.140. The molecule has 0 aromatic carbocycles. The van der Waals surface area contributed by atoms with Gasteiger partial charge in [0.1, 0.15) is 0 Å². The van der Waals surface area contributed by atoms with Crippen LogP contribution in [0.1, 0.15) is 72.1 Å². The number of hydrogen-bond donors (Lipinski definition) is 2. The molecule has 0 bridgehead atoms. The molecule has 0 aromatic rings. The van der Waals surface area contributed by atoms with Gasteiger partial charge in [0.25, 0.3) is 0 Å². The third-order valence-corrected chi connectivity index (χ3v) is 6.44. The van der Waals surface area contributed by atoms with Crippen molar-refractivity contribution in [2.24, 2.45) is 17.3 Å². The van der Waals surface area contributed by atoms with E-state index < -0.39 is 12.2 Å². The first-order valence-electron chi connectivity index (χ1n) is 10.6. The highest BCUT2D eigenvalue weighted by Crippen LogP contribution is 2.40. The number of halogens is 1. The molecule has 4 nitrogen and oxygen atoms in total. The van der Waals surface area contributed by atoms with Crippen molar-refractivity contribution in [1.29, 1.82) is 0 Å². The van der Waals surface area contributed by atoms with Gasteiger partial charge in [-0.3, -0.25) is 4.79 Å². The van der Waals surface area contributed by atoms with Gasteiger partial charge in [-0.2, -0.15) is 0 Å². The van der Waals surface area contributed by atoms with E-state index in [4.69, 9.17) is 11.6 Å². The Morgan fingerprint density at radius 3 is 2.64 bits per heavy atom. The van der Waals surface area contributed by atoms with Gasteiger partial charge in [-0.25, -0.2) is 0 Å². The van der Waals surface area contributed by atoms with Crippen molar-refractivity contribution in [3.8, 4) is 0 Å². The van der Waals surface area contributed by atoms with Crippen LogP contribution >= 0.6 is 11.6 Å². The number of hydrogen-bond acceptors (Lipinski definition) is 4. The van der Waals surface area contributed by atoms with Gasteiger partial charge in [-0.1, -0.05) is 57.9 Å². The highest BCUT2D eigenvalue weighted by molar-refractivity contribution is 6.21. The molecule has 162 valence electrons. The van der Waals surface area contributed by atoms with Crippen molar-refractivity contribution in [2.45, 2.75) is 89.7 Å². The Balaban J connectivity index is 2.58. The summed E-state index contributed by atoms with van der Waals surface area (Å²) in [6, 6.07) is 0. The van der Waals surface area contributed by atoms with Crippen molar-refractivity contribution in [3.05, 3.63) is 24.3 Å². The summed E-state index contributed by atoms with van der Waals surface area (Å²) in [6.07, 6.45) is 13.5. The first kappa shape index (κ1) is 25.2. The first-order chi connectivity index (χ1) is 13.2. The molecule has 0 aromatic heterocycles. The third kappa shape index (κ3) is 8.26. The summed E-state index contributed by atoms with van der Waals surface area (Å²) >= 11 is 6.50. The molecule has 1 aliphatic carbocycles. The van der Waals surface area contributed by atoms with E-state index in [1.807, 2.05) is 18.2 Å². The first-order valence-corrected chi connectivity index (χ1v) is 11.1. The lowest BCUT2D eigenvalue weighted by Gasteiger charge is -2.29. The molecule has 1 fully saturated rings. The topological polar surface area (TPSA) is 66.8 Å². The Kier molecular flexibility index (Phi) is 11.4. The lowest BCUT2D eigenvalue weighted by atomic mass is 9.80. The van der Waals surface area contributed by atoms with Gasteiger partial charge in [0.05, 0.1) is 19.3 Å². The van der Waals surface area contributed by atoms with Crippen molar-refractivity contribution in [2.75, 3.05) is 7.11 Å². The fourth-order valence-electron chi connectivity index (χ4n) is 3.84. The number of ether oxygens (including phenoxy) is 1. The number of rotatable bonds is 12. The van der Waals surface area contributed by atoms with Crippen LogP contribution in [0.15, 0.2) is 24.3 Å². The molecule has 0 unspecified atom stereocenters. The summed E-state index contributed by atoms with van der Waals surface area (Å²) in [6.45, 7) is 6.33. The molecule has 0 aliphatic heterocycles. The molecular weight excluding hydrogens is 376 g/mol. The van der Waals surface area contributed by atoms with E-state index in [9.17, 15) is 15.0 Å². The van der Waals surface area contributed by atoms with Crippen LogP contribution in [0.5, 0.6) is 0 Å². The van der Waals surface area contributed by atoms with E-state index in [1.54, 1.807) is 0 Å². The number of allylic oxidation sites excluding steroid dienone is 2. The number of aliphatic hydroxyl groups is 2. The van der Waals surface area contributed by atoms with Crippen molar-refractivity contribution in [3.63, 3.8) is 0 Å².